The molecule has 0 aliphatic carbocycles. The van der Waals surface area contributed by atoms with Crippen LogP contribution in [0.25, 0.3) is 0 Å². The molecule has 0 fully saturated rings. The molecule has 7 heteroatoms. The maximum absolute atomic E-state index is 13.9. The Bertz CT molecular complexity index is 862. The summed E-state index contributed by atoms with van der Waals surface area (Å²) in [5.74, 6) is -1.06. The third-order valence-electron chi connectivity index (χ3n) is 5.08. The molecule has 2 aromatic carbocycles. The first kappa shape index (κ1) is 19.1. The first-order valence-electron chi connectivity index (χ1n) is 9.38. The van der Waals surface area contributed by atoms with Crippen LogP contribution in [0.2, 0.25) is 0 Å². The third-order valence-corrected chi connectivity index (χ3v) is 5.48. The van der Waals surface area contributed by atoms with Crippen molar-refractivity contribution in [2.75, 3.05) is 13.2 Å². The van der Waals surface area contributed by atoms with E-state index in [0.29, 0.717) is 18.6 Å². The molecule has 0 saturated heterocycles. The van der Waals surface area contributed by atoms with Crippen molar-refractivity contribution in [3.8, 4) is 5.75 Å². The third kappa shape index (κ3) is 4.10. The molecule has 0 saturated carbocycles. The molecule has 0 amide bonds. The van der Waals surface area contributed by atoms with E-state index in [1.165, 1.54) is 11.6 Å². The predicted octanol–water partition coefficient (Wildman–Crippen LogP) is 3.41. The van der Waals surface area contributed by atoms with Gasteiger partial charge in [-0.2, -0.15) is 0 Å². The van der Waals surface area contributed by atoms with Gasteiger partial charge in [0.15, 0.2) is 11.6 Å². The molecular formula is C21H23F2N3OS. The summed E-state index contributed by atoms with van der Waals surface area (Å²) >= 11 is 4.61. The van der Waals surface area contributed by atoms with Crippen molar-refractivity contribution in [1.29, 1.82) is 0 Å². The Morgan fingerprint density at radius 3 is 2.86 bits per heavy atom. The number of fused-ring (bicyclic) bond motifs is 1. The number of hydrogen-bond acceptors (Lipinski definition) is 5. The second-order valence-electron chi connectivity index (χ2n) is 7.04. The molecule has 2 aliphatic rings. The highest BCUT2D eigenvalue weighted by molar-refractivity contribution is 7.80. The minimum atomic E-state index is -0.642. The van der Waals surface area contributed by atoms with Gasteiger partial charge in [-0.1, -0.05) is 30.3 Å². The summed E-state index contributed by atoms with van der Waals surface area (Å²) in [5, 5.41) is 6.67. The van der Waals surface area contributed by atoms with E-state index in [9.17, 15) is 8.78 Å². The first-order valence-corrected chi connectivity index (χ1v) is 9.90. The monoisotopic (exact) mass is 403 g/mol. The van der Waals surface area contributed by atoms with E-state index in [2.05, 4.69) is 40.3 Å². The lowest BCUT2D eigenvalue weighted by Crippen LogP contribution is -2.46. The standard InChI is InChI=1S/C21H23F2N3OS/c22-16-8-15-9-18(13-27-20(15)19(23)10-16)26-17(12-25-21(26)28)6-7-24-11-14-4-2-1-3-5-14/h1-5,8,10,12,18,21,24-25,28H,6-7,9,11,13H2/t18-,21?/m1/s1. The van der Waals surface area contributed by atoms with Crippen molar-refractivity contribution in [3.63, 3.8) is 0 Å². The zero-order valence-corrected chi connectivity index (χ0v) is 16.3. The van der Waals surface area contributed by atoms with Crippen molar-refractivity contribution in [2.24, 2.45) is 0 Å². The van der Waals surface area contributed by atoms with Crippen LogP contribution in [0, 0.1) is 11.6 Å². The summed E-state index contributed by atoms with van der Waals surface area (Å²) < 4.78 is 33.1. The normalized spacial score (nSPS) is 21.0. The average Bonchev–Trinajstić information content (AvgIpc) is 3.06. The molecule has 0 spiro atoms. The van der Waals surface area contributed by atoms with E-state index in [1.54, 1.807) is 0 Å². The number of nitrogens with zero attached hydrogens (tertiary/aromatic N) is 1. The van der Waals surface area contributed by atoms with Gasteiger partial charge in [-0.05, 0) is 11.6 Å². The Kier molecular flexibility index (Phi) is 5.73. The van der Waals surface area contributed by atoms with Gasteiger partial charge in [-0.3, -0.25) is 0 Å². The number of nitrogens with one attached hydrogen (secondary N) is 2. The first-order chi connectivity index (χ1) is 13.6. The highest BCUT2D eigenvalue weighted by Crippen LogP contribution is 2.33. The van der Waals surface area contributed by atoms with Gasteiger partial charge >= 0.3 is 0 Å². The Morgan fingerprint density at radius 1 is 1.21 bits per heavy atom. The molecular weight excluding hydrogens is 380 g/mol. The van der Waals surface area contributed by atoms with Crippen LogP contribution in [-0.4, -0.2) is 29.6 Å². The molecule has 4 nitrogen and oxygen atoms in total. The van der Waals surface area contributed by atoms with Gasteiger partial charge in [-0.25, -0.2) is 8.78 Å². The summed E-state index contributed by atoms with van der Waals surface area (Å²) in [7, 11) is 0. The fourth-order valence-electron chi connectivity index (χ4n) is 3.76. The van der Waals surface area contributed by atoms with E-state index in [-0.39, 0.29) is 17.3 Å². The van der Waals surface area contributed by atoms with Crippen LogP contribution in [0.4, 0.5) is 8.78 Å². The van der Waals surface area contributed by atoms with Gasteiger partial charge in [0, 0.05) is 49.5 Å². The highest BCUT2D eigenvalue weighted by Gasteiger charge is 2.34. The molecule has 4 rings (SSSR count). The van der Waals surface area contributed by atoms with Crippen LogP contribution in [-0.2, 0) is 13.0 Å². The van der Waals surface area contributed by atoms with Crippen molar-refractivity contribution in [2.45, 2.75) is 30.9 Å². The number of hydrogen-bond donors (Lipinski definition) is 3. The molecule has 2 aliphatic heterocycles. The molecule has 2 aromatic rings. The molecule has 28 heavy (non-hydrogen) atoms. The maximum Gasteiger partial charge on any atom is 0.168 e. The fraction of sp³-hybridized carbons (Fsp3) is 0.333. The average molecular weight is 403 g/mol. The number of ether oxygens (including phenoxy) is 1. The molecule has 2 N–H and O–H groups in total. The molecule has 1 unspecified atom stereocenters. The van der Waals surface area contributed by atoms with Crippen LogP contribution in [0.5, 0.6) is 5.75 Å². The second-order valence-corrected chi connectivity index (χ2v) is 7.53. The quantitative estimate of drug-likeness (QED) is 0.510. The molecule has 148 valence electrons. The van der Waals surface area contributed by atoms with Crippen LogP contribution >= 0.6 is 12.6 Å². The summed E-state index contributed by atoms with van der Waals surface area (Å²) in [4.78, 5) is 2.14. The predicted molar refractivity (Wildman–Crippen MR) is 108 cm³/mol. The minimum absolute atomic E-state index is 0.0356. The molecule has 2 atom stereocenters. The zero-order valence-electron chi connectivity index (χ0n) is 15.4. The lowest BCUT2D eigenvalue weighted by Gasteiger charge is -2.37. The second kappa shape index (κ2) is 8.41. The fourth-order valence-corrected chi connectivity index (χ4v) is 4.17. The summed E-state index contributed by atoms with van der Waals surface area (Å²) in [5.41, 5.74) is 2.72. The SMILES string of the molecule is Fc1cc(F)c2c(c1)C[C@@H](N1C(CCNCc3ccccc3)=CNC1S)CO2. The van der Waals surface area contributed by atoms with Gasteiger partial charge < -0.3 is 20.3 Å². The van der Waals surface area contributed by atoms with E-state index in [4.69, 9.17) is 4.74 Å². The zero-order chi connectivity index (χ0) is 19.5. The van der Waals surface area contributed by atoms with Crippen molar-refractivity contribution in [1.82, 2.24) is 15.5 Å². The largest absolute Gasteiger partial charge is 0.488 e. The highest BCUT2D eigenvalue weighted by atomic mass is 32.1. The Morgan fingerprint density at radius 2 is 2.04 bits per heavy atom. The molecule has 2 heterocycles. The topological polar surface area (TPSA) is 36.5 Å². The van der Waals surface area contributed by atoms with Crippen molar-refractivity contribution >= 4 is 12.6 Å². The van der Waals surface area contributed by atoms with Crippen LogP contribution in [0.15, 0.2) is 54.4 Å². The van der Waals surface area contributed by atoms with Gasteiger partial charge in [0.2, 0.25) is 0 Å². The van der Waals surface area contributed by atoms with Crippen LogP contribution in [0.3, 0.4) is 0 Å². The molecule has 0 radical (unpaired) electrons. The number of benzene rings is 2. The van der Waals surface area contributed by atoms with E-state index in [0.717, 1.165) is 31.3 Å². The Balaban J connectivity index is 1.37. The van der Waals surface area contributed by atoms with Crippen molar-refractivity contribution in [3.05, 3.63) is 77.1 Å². The maximum atomic E-state index is 13.9. The Hall–Kier alpha value is -2.25. The molecule has 0 bridgehead atoms. The summed E-state index contributed by atoms with van der Waals surface area (Å²) in [6.45, 7) is 1.96. The Labute approximate surface area is 169 Å². The van der Waals surface area contributed by atoms with E-state index < -0.39 is 11.6 Å². The number of rotatable bonds is 6. The number of halogens is 2. The van der Waals surface area contributed by atoms with Gasteiger partial charge in [0.05, 0.1) is 6.04 Å². The van der Waals surface area contributed by atoms with Crippen molar-refractivity contribution < 1.29 is 13.5 Å². The van der Waals surface area contributed by atoms with E-state index in [1.807, 2.05) is 24.4 Å². The minimum Gasteiger partial charge on any atom is -0.488 e. The van der Waals surface area contributed by atoms with E-state index >= 15 is 0 Å². The lowest BCUT2D eigenvalue weighted by atomic mass is 10.0. The van der Waals surface area contributed by atoms with Crippen LogP contribution in [0.1, 0.15) is 17.5 Å². The lowest BCUT2D eigenvalue weighted by molar-refractivity contribution is 0.138. The van der Waals surface area contributed by atoms with Gasteiger partial charge in [-0.15, -0.1) is 12.6 Å². The molecule has 0 aromatic heterocycles. The van der Waals surface area contributed by atoms with Crippen LogP contribution < -0.4 is 15.4 Å². The number of thiol groups is 1. The van der Waals surface area contributed by atoms with Gasteiger partial charge in [0.1, 0.15) is 17.9 Å². The smallest absolute Gasteiger partial charge is 0.168 e. The summed E-state index contributed by atoms with van der Waals surface area (Å²) in [6.07, 6.45) is 3.29. The summed E-state index contributed by atoms with van der Waals surface area (Å²) in [6, 6.07) is 12.4. The van der Waals surface area contributed by atoms with Gasteiger partial charge in [0.25, 0.3) is 0 Å².